The van der Waals surface area contributed by atoms with Gasteiger partial charge in [0.05, 0.1) is 11.5 Å². The van der Waals surface area contributed by atoms with Crippen molar-refractivity contribution in [1.29, 1.82) is 0 Å². The van der Waals surface area contributed by atoms with Crippen molar-refractivity contribution in [3.05, 3.63) is 87.2 Å². The molecule has 7 heteroatoms. The van der Waals surface area contributed by atoms with Crippen LogP contribution in [0.5, 0.6) is 0 Å². The van der Waals surface area contributed by atoms with E-state index in [1.54, 1.807) is 36.7 Å². The lowest BCUT2D eigenvalue weighted by Crippen LogP contribution is -2.12. The molecule has 1 heterocycles. The first-order valence-electron chi connectivity index (χ1n) is 8.09. The molecule has 132 valence electrons. The highest BCUT2D eigenvalue weighted by Gasteiger charge is 2.21. The molecule has 0 unspecified atom stereocenters. The zero-order valence-electron chi connectivity index (χ0n) is 14.5. The average molecular weight is 350 g/mol. The number of para-hydroxylation sites is 1. The third-order valence-corrected chi connectivity index (χ3v) is 4.08. The molecule has 1 N–H and O–H groups in total. The highest BCUT2D eigenvalue weighted by Crippen LogP contribution is 2.22. The lowest BCUT2D eigenvalue weighted by atomic mass is 10.1. The van der Waals surface area contributed by atoms with Crippen LogP contribution < -0.4 is 5.32 Å². The Balaban J connectivity index is 1.81. The number of rotatable bonds is 5. The Hall–Kier alpha value is -3.48. The van der Waals surface area contributed by atoms with Crippen LogP contribution in [0.25, 0.3) is 0 Å². The van der Waals surface area contributed by atoms with Crippen molar-refractivity contribution in [2.45, 2.75) is 20.4 Å². The molecule has 26 heavy (non-hydrogen) atoms. The van der Waals surface area contributed by atoms with Gasteiger partial charge in [0.15, 0.2) is 0 Å². The predicted molar refractivity (Wildman–Crippen MR) is 98.3 cm³/mol. The Morgan fingerprint density at radius 3 is 2.54 bits per heavy atom. The number of anilines is 1. The first kappa shape index (κ1) is 17.3. The largest absolute Gasteiger partial charge is 0.322 e. The normalized spacial score (nSPS) is 10.5. The van der Waals surface area contributed by atoms with E-state index in [1.807, 2.05) is 36.4 Å². The van der Waals surface area contributed by atoms with E-state index in [4.69, 9.17) is 0 Å². The van der Waals surface area contributed by atoms with Crippen LogP contribution >= 0.6 is 0 Å². The summed E-state index contributed by atoms with van der Waals surface area (Å²) in [5, 5.41) is 18.2. The zero-order chi connectivity index (χ0) is 18.7. The van der Waals surface area contributed by atoms with E-state index in [2.05, 4.69) is 10.4 Å². The number of nitrogens with one attached hydrogen (secondary N) is 1. The second kappa shape index (κ2) is 7.18. The van der Waals surface area contributed by atoms with E-state index in [9.17, 15) is 14.9 Å². The van der Waals surface area contributed by atoms with Gasteiger partial charge < -0.3 is 5.32 Å². The molecule has 0 aliphatic carbocycles. The third-order valence-electron chi connectivity index (χ3n) is 4.08. The fourth-order valence-corrected chi connectivity index (χ4v) is 2.81. The molecule has 3 rings (SSSR count). The van der Waals surface area contributed by atoms with Crippen molar-refractivity contribution in [2.24, 2.45) is 0 Å². The van der Waals surface area contributed by atoms with Gasteiger partial charge in [0.25, 0.3) is 5.91 Å². The van der Waals surface area contributed by atoms with Crippen LogP contribution in [-0.4, -0.2) is 20.6 Å². The van der Waals surface area contributed by atoms with E-state index in [0.717, 1.165) is 11.3 Å². The summed E-state index contributed by atoms with van der Waals surface area (Å²) in [5.41, 5.74) is 2.98. The lowest BCUT2D eigenvalue weighted by Gasteiger charge is -2.08. The highest BCUT2D eigenvalue weighted by atomic mass is 16.6. The lowest BCUT2D eigenvalue weighted by molar-refractivity contribution is -0.386. The molecule has 2 aromatic carbocycles. The molecular weight excluding hydrogens is 332 g/mol. The topological polar surface area (TPSA) is 90.1 Å². The van der Waals surface area contributed by atoms with E-state index >= 15 is 0 Å². The van der Waals surface area contributed by atoms with Crippen LogP contribution in [0.1, 0.15) is 27.3 Å². The molecule has 0 bridgehead atoms. The van der Waals surface area contributed by atoms with Crippen LogP contribution in [0.3, 0.4) is 0 Å². The number of carbonyl (C=O) groups excluding carboxylic acids is 1. The SMILES string of the molecule is Cc1nn(Cc2cccc(C(=O)Nc3ccccc3)c2)c(C)c1[N+](=O)[O-]. The third kappa shape index (κ3) is 3.61. The van der Waals surface area contributed by atoms with Crippen molar-refractivity contribution in [3.8, 4) is 0 Å². The summed E-state index contributed by atoms with van der Waals surface area (Å²) in [7, 11) is 0. The van der Waals surface area contributed by atoms with Gasteiger partial charge in [-0.1, -0.05) is 30.3 Å². The number of hydrogen-bond acceptors (Lipinski definition) is 4. The molecule has 0 fully saturated rings. The van der Waals surface area contributed by atoms with Crippen LogP contribution in [0.4, 0.5) is 11.4 Å². The number of nitrogens with zero attached hydrogens (tertiary/aromatic N) is 3. The summed E-state index contributed by atoms with van der Waals surface area (Å²) in [5.74, 6) is -0.211. The molecule has 1 aromatic heterocycles. The van der Waals surface area contributed by atoms with Crippen molar-refractivity contribution in [2.75, 3.05) is 5.32 Å². The van der Waals surface area contributed by atoms with E-state index < -0.39 is 4.92 Å². The summed E-state index contributed by atoms with van der Waals surface area (Å²) in [6.07, 6.45) is 0. The summed E-state index contributed by atoms with van der Waals surface area (Å²) < 4.78 is 1.59. The van der Waals surface area contributed by atoms with Gasteiger partial charge in [-0.15, -0.1) is 0 Å². The summed E-state index contributed by atoms with van der Waals surface area (Å²) in [6, 6.07) is 16.4. The van der Waals surface area contributed by atoms with Gasteiger partial charge in [-0.3, -0.25) is 19.6 Å². The Labute approximate surface area is 150 Å². The quantitative estimate of drug-likeness (QED) is 0.561. The predicted octanol–water partition coefficient (Wildman–Crippen LogP) is 3.71. The molecule has 7 nitrogen and oxygen atoms in total. The van der Waals surface area contributed by atoms with E-state index in [0.29, 0.717) is 23.5 Å². The maximum absolute atomic E-state index is 12.4. The molecule has 1 amide bonds. The van der Waals surface area contributed by atoms with Crippen LogP contribution in [-0.2, 0) is 6.54 Å². The van der Waals surface area contributed by atoms with Gasteiger partial charge in [-0.2, -0.15) is 5.10 Å². The smallest absolute Gasteiger partial charge is 0.312 e. The van der Waals surface area contributed by atoms with Crippen molar-refractivity contribution < 1.29 is 9.72 Å². The first-order valence-corrected chi connectivity index (χ1v) is 8.09. The van der Waals surface area contributed by atoms with Gasteiger partial charge in [-0.05, 0) is 43.7 Å². The fourth-order valence-electron chi connectivity index (χ4n) is 2.81. The Morgan fingerprint density at radius 2 is 1.88 bits per heavy atom. The minimum absolute atomic E-state index is 0.0305. The van der Waals surface area contributed by atoms with Gasteiger partial charge in [0.2, 0.25) is 0 Å². The Bertz CT molecular complexity index is 964. The molecule has 0 aliphatic heterocycles. The van der Waals surface area contributed by atoms with Crippen LogP contribution in [0.2, 0.25) is 0 Å². The molecule has 0 aliphatic rings. The highest BCUT2D eigenvalue weighted by molar-refractivity contribution is 6.04. The van der Waals surface area contributed by atoms with Gasteiger partial charge in [0.1, 0.15) is 11.4 Å². The minimum Gasteiger partial charge on any atom is -0.322 e. The Kier molecular flexibility index (Phi) is 4.79. The maximum Gasteiger partial charge on any atom is 0.312 e. The molecular formula is C19H18N4O3. The summed E-state index contributed by atoms with van der Waals surface area (Å²) in [6.45, 7) is 3.64. The van der Waals surface area contributed by atoms with Crippen molar-refractivity contribution >= 4 is 17.3 Å². The molecule has 0 atom stereocenters. The van der Waals surface area contributed by atoms with Gasteiger partial charge in [-0.25, -0.2) is 0 Å². The van der Waals surface area contributed by atoms with Crippen molar-refractivity contribution in [1.82, 2.24) is 9.78 Å². The van der Waals surface area contributed by atoms with Gasteiger partial charge in [0, 0.05) is 11.3 Å². The number of benzene rings is 2. The number of carbonyl (C=O) groups is 1. The molecule has 0 saturated heterocycles. The standard InChI is InChI=1S/C19H18N4O3/c1-13-18(23(25)26)14(2)22(21-13)12-15-7-6-8-16(11-15)19(24)20-17-9-4-3-5-10-17/h3-11H,12H2,1-2H3,(H,20,24). The minimum atomic E-state index is -0.419. The second-order valence-corrected chi connectivity index (χ2v) is 5.95. The number of hydrogen-bond donors (Lipinski definition) is 1. The molecule has 0 radical (unpaired) electrons. The molecule has 0 saturated carbocycles. The second-order valence-electron chi connectivity index (χ2n) is 5.95. The van der Waals surface area contributed by atoms with Gasteiger partial charge >= 0.3 is 5.69 Å². The number of aryl methyl sites for hydroxylation is 1. The number of aromatic nitrogens is 2. The summed E-state index contributed by atoms with van der Waals surface area (Å²) >= 11 is 0. The maximum atomic E-state index is 12.4. The monoisotopic (exact) mass is 350 g/mol. The fraction of sp³-hybridized carbons (Fsp3) is 0.158. The Morgan fingerprint density at radius 1 is 1.15 bits per heavy atom. The van der Waals surface area contributed by atoms with Crippen LogP contribution in [0.15, 0.2) is 54.6 Å². The van der Waals surface area contributed by atoms with Crippen LogP contribution in [0, 0.1) is 24.0 Å². The molecule has 0 spiro atoms. The number of amides is 1. The zero-order valence-corrected chi connectivity index (χ0v) is 14.5. The summed E-state index contributed by atoms with van der Waals surface area (Å²) in [4.78, 5) is 23.1. The average Bonchev–Trinajstić information content (AvgIpc) is 2.89. The number of nitro groups is 1. The van der Waals surface area contributed by atoms with E-state index in [-0.39, 0.29) is 11.6 Å². The first-order chi connectivity index (χ1) is 12.5. The van der Waals surface area contributed by atoms with Crippen molar-refractivity contribution in [3.63, 3.8) is 0 Å². The van der Waals surface area contributed by atoms with E-state index in [1.165, 1.54) is 0 Å². The molecule has 3 aromatic rings.